The fourth-order valence-corrected chi connectivity index (χ4v) is 7.16. The molecule has 5 nitrogen and oxygen atoms in total. The summed E-state index contributed by atoms with van der Waals surface area (Å²) in [5.74, 6) is -1.36. The number of rotatable bonds is 1. The maximum atomic E-state index is 12.9. The summed E-state index contributed by atoms with van der Waals surface area (Å²) in [5.41, 5.74) is 3.76. The third-order valence-corrected chi connectivity index (χ3v) is 9.12. The maximum Gasteiger partial charge on any atom is 0.193 e. The number of benzene rings is 1. The number of allylic oxidation sites excluding steroid dienone is 1. The van der Waals surface area contributed by atoms with E-state index in [1.807, 2.05) is 0 Å². The zero-order chi connectivity index (χ0) is 22.7. The highest BCUT2D eigenvalue weighted by Crippen LogP contribution is 2.67. The summed E-state index contributed by atoms with van der Waals surface area (Å²) < 4.78 is 5.95. The van der Waals surface area contributed by atoms with Gasteiger partial charge in [0, 0.05) is 39.4 Å². The molecule has 1 aromatic carbocycles. The zero-order valence-corrected chi connectivity index (χ0v) is 19.2. The zero-order valence-electron chi connectivity index (χ0n) is 19.2. The van der Waals surface area contributed by atoms with E-state index in [-0.39, 0.29) is 16.6 Å². The molecule has 1 aliphatic heterocycles. The van der Waals surface area contributed by atoms with Gasteiger partial charge in [0.25, 0.3) is 0 Å². The van der Waals surface area contributed by atoms with Crippen LogP contribution in [-0.2, 0) is 21.4 Å². The molecule has 3 N–H and O–H groups in total. The number of aliphatic hydroxyl groups is 2. The van der Waals surface area contributed by atoms with Crippen molar-refractivity contribution < 1.29 is 19.7 Å². The van der Waals surface area contributed by atoms with Gasteiger partial charge < -0.3 is 19.9 Å². The highest BCUT2D eigenvalue weighted by Gasteiger charge is 2.64. The van der Waals surface area contributed by atoms with E-state index >= 15 is 0 Å². The van der Waals surface area contributed by atoms with Gasteiger partial charge in [-0.05, 0) is 62.3 Å². The van der Waals surface area contributed by atoms with Crippen LogP contribution in [0.3, 0.4) is 0 Å². The van der Waals surface area contributed by atoms with E-state index in [0.717, 1.165) is 24.8 Å². The number of nitrogens with one attached hydrogen (secondary N) is 1. The lowest BCUT2D eigenvalue weighted by molar-refractivity contribution is -0.248. The first-order valence-electron chi connectivity index (χ1n) is 11.7. The maximum absolute atomic E-state index is 12.9. The predicted molar refractivity (Wildman–Crippen MR) is 122 cm³/mol. The van der Waals surface area contributed by atoms with Gasteiger partial charge in [-0.25, -0.2) is 0 Å². The van der Waals surface area contributed by atoms with Crippen LogP contribution in [0.15, 0.2) is 47.6 Å². The highest BCUT2D eigenvalue weighted by atomic mass is 16.6. The summed E-state index contributed by atoms with van der Waals surface area (Å²) in [6.45, 7) is 7.75. The lowest BCUT2D eigenvalue weighted by Crippen LogP contribution is -2.60. The van der Waals surface area contributed by atoms with E-state index in [2.05, 4.69) is 49.2 Å². The van der Waals surface area contributed by atoms with E-state index in [9.17, 15) is 15.0 Å². The Bertz CT molecular complexity index is 1230. The molecule has 0 spiro atoms. The smallest absolute Gasteiger partial charge is 0.193 e. The number of carbonyl (C=O) groups excluding carboxylic acids is 1. The second-order valence-corrected chi connectivity index (χ2v) is 11.2. The molecule has 6 rings (SSSR count). The van der Waals surface area contributed by atoms with E-state index in [4.69, 9.17) is 4.74 Å². The van der Waals surface area contributed by atoms with Crippen molar-refractivity contribution in [3.05, 3.63) is 58.8 Å². The fraction of sp³-hybridized carbons (Fsp3) is 0.519. The summed E-state index contributed by atoms with van der Waals surface area (Å²) in [5, 5.41) is 23.3. The largest absolute Gasteiger partial charge is 0.387 e. The SMILES string of the molecule is CC(C)(O)[C@H]1O[C@@]2(O)CC[C@@]3(C)C(=CC[C@H]4Cc5c([nH]c6ccccc56)[C@@]43C)C2=CC1=O. The lowest BCUT2D eigenvalue weighted by Gasteiger charge is -2.58. The van der Waals surface area contributed by atoms with Gasteiger partial charge in [-0.3, -0.25) is 4.79 Å². The number of para-hydroxylation sites is 1. The highest BCUT2D eigenvalue weighted by molar-refractivity contribution is 5.97. The summed E-state index contributed by atoms with van der Waals surface area (Å²) in [6.07, 6.45) is 5.77. The van der Waals surface area contributed by atoms with Crippen molar-refractivity contribution in [1.82, 2.24) is 4.98 Å². The van der Waals surface area contributed by atoms with Crippen molar-refractivity contribution in [2.45, 2.75) is 76.3 Å². The normalized spacial score (nSPS) is 38.5. The summed E-state index contributed by atoms with van der Waals surface area (Å²) in [4.78, 5) is 16.7. The van der Waals surface area contributed by atoms with Gasteiger partial charge in [-0.1, -0.05) is 38.1 Å². The molecule has 1 aromatic heterocycles. The number of fused-ring (bicyclic) bond motifs is 9. The molecule has 3 aliphatic carbocycles. The van der Waals surface area contributed by atoms with Crippen molar-refractivity contribution in [1.29, 1.82) is 0 Å². The minimum atomic E-state index is -1.55. The first-order chi connectivity index (χ1) is 15.0. The van der Waals surface area contributed by atoms with Gasteiger partial charge >= 0.3 is 0 Å². The minimum absolute atomic E-state index is 0.135. The molecule has 2 heterocycles. The molecular formula is C27H31NO4. The molecular weight excluding hydrogens is 402 g/mol. The third kappa shape index (κ3) is 2.32. The lowest BCUT2D eigenvalue weighted by atomic mass is 9.48. The Labute approximate surface area is 188 Å². The van der Waals surface area contributed by atoms with Crippen molar-refractivity contribution >= 4 is 16.7 Å². The van der Waals surface area contributed by atoms with Crippen LogP contribution in [0.5, 0.6) is 0 Å². The third-order valence-electron chi connectivity index (χ3n) is 9.12. The molecule has 168 valence electrons. The molecule has 1 fully saturated rings. The quantitative estimate of drug-likeness (QED) is 0.633. The van der Waals surface area contributed by atoms with Crippen LogP contribution < -0.4 is 0 Å². The number of ketones is 1. The molecule has 2 aromatic rings. The molecule has 5 heteroatoms. The first kappa shape index (κ1) is 20.4. The number of hydrogen-bond donors (Lipinski definition) is 3. The monoisotopic (exact) mass is 433 g/mol. The summed E-state index contributed by atoms with van der Waals surface area (Å²) in [7, 11) is 0. The van der Waals surface area contributed by atoms with Crippen LogP contribution in [-0.4, -0.2) is 38.5 Å². The van der Waals surface area contributed by atoms with Crippen LogP contribution in [0.25, 0.3) is 10.9 Å². The standard InChI is InChI=1S/C27H31NO4/c1-24(2,30)23-21(29)14-19-18-10-9-15-13-17-16-7-5-6-8-20(16)28-22(17)26(15,4)25(18,3)11-12-27(19,31)32-23/h5-8,10,14-15,23,28,30-31H,9,11-13H2,1-4H3/t15-,23-,25-,26+,27-/m0/s1. The Hall–Kier alpha value is -2.21. The Balaban J connectivity index is 1.50. The number of aromatic nitrogens is 1. The van der Waals surface area contributed by atoms with E-state index < -0.39 is 17.5 Å². The van der Waals surface area contributed by atoms with E-state index in [0.29, 0.717) is 17.9 Å². The van der Waals surface area contributed by atoms with Crippen molar-refractivity contribution in [3.63, 3.8) is 0 Å². The molecule has 4 aliphatic rings. The van der Waals surface area contributed by atoms with Gasteiger partial charge in [-0.2, -0.15) is 0 Å². The summed E-state index contributed by atoms with van der Waals surface area (Å²) in [6, 6.07) is 8.51. The number of carbonyl (C=O) groups is 1. The Morgan fingerprint density at radius 3 is 2.66 bits per heavy atom. The number of hydrogen-bond acceptors (Lipinski definition) is 4. The second-order valence-electron chi connectivity index (χ2n) is 11.2. The van der Waals surface area contributed by atoms with Crippen LogP contribution in [0.4, 0.5) is 0 Å². The second kappa shape index (κ2) is 6.02. The van der Waals surface area contributed by atoms with Gasteiger partial charge in [-0.15, -0.1) is 0 Å². The molecule has 0 saturated heterocycles. The topological polar surface area (TPSA) is 82.5 Å². The predicted octanol–water partition coefficient (Wildman–Crippen LogP) is 4.08. The first-order valence-corrected chi connectivity index (χ1v) is 11.7. The number of H-pyrrole nitrogens is 1. The number of aromatic amines is 1. The van der Waals surface area contributed by atoms with Crippen LogP contribution >= 0.6 is 0 Å². The Morgan fingerprint density at radius 2 is 1.91 bits per heavy atom. The number of ether oxygens (including phenoxy) is 1. The minimum Gasteiger partial charge on any atom is -0.387 e. The molecule has 1 saturated carbocycles. The van der Waals surface area contributed by atoms with E-state index in [1.54, 1.807) is 19.9 Å². The van der Waals surface area contributed by atoms with Crippen molar-refractivity contribution in [3.8, 4) is 0 Å². The molecule has 0 bridgehead atoms. The molecule has 0 amide bonds. The van der Waals surface area contributed by atoms with Gasteiger partial charge in [0.1, 0.15) is 0 Å². The Kier molecular flexibility index (Phi) is 3.84. The molecule has 0 unspecified atom stereocenters. The molecule has 0 radical (unpaired) electrons. The van der Waals surface area contributed by atoms with Gasteiger partial charge in [0.15, 0.2) is 17.7 Å². The summed E-state index contributed by atoms with van der Waals surface area (Å²) >= 11 is 0. The van der Waals surface area contributed by atoms with Crippen LogP contribution in [0, 0.1) is 11.3 Å². The Morgan fingerprint density at radius 1 is 1.16 bits per heavy atom. The van der Waals surface area contributed by atoms with Gasteiger partial charge in [0.05, 0.1) is 5.60 Å². The van der Waals surface area contributed by atoms with Crippen LogP contribution in [0.1, 0.15) is 58.2 Å². The van der Waals surface area contributed by atoms with E-state index in [1.165, 1.54) is 22.2 Å². The average Bonchev–Trinajstić information content (AvgIpc) is 3.23. The molecule has 32 heavy (non-hydrogen) atoms. The molecule has 5 atom stereocenters. The van der Waals surface area contributed by atoms with Crippen LogP contribution in [0.2, 0.25) is 0 Å². The fourth-order valence-electron chi connectivity index (χ4n) is 7.16. The average molecular weight is 434 g/mol. The van der Waals surface area contributed by atoms with Crippen molar-refractivity contribution in [2.75, 3.05) is 0 Å². The van der Waals surface area contributed by atoms with Gasteiger partial charge in [0.2, 0.25) is 0 Å². The van der Waals surface area contributed by atoms with Crippen molar-refractivity contribution in [2.24, 2.45) is 11.3 Å².